The molecule has 0 amide bonds. The summed E-state index contributed by atoms with van der Waals surface area (Å²) >= 11 is 3.67. The topological polar surface area (TPSA) is 26.3 Å². The first-order chi connectivity index (χ1) is 24.8. The second-order valence-electron chi connectivity index (χ2n) is 13.0. The van der Waals surface area contributed by atoms with Gasteiger partial charge in [0.25, 0.3) is 0 Å². The molecule has 12 rings (SSSR count). The quantitative estimate of drug-likeness (QED) is 0.150. The standard InChI is InChI=1S/C46H22O2S2/c1-5-13-37-27(9-1)35-23-25(41-33(43(35)47-37)21-19-31-29-11-3-7-15-39(29)49-45(31)41)17-18-26-24-36-28-10-2-6-14-38(28)48-44(36)34-22-20-32-30-12-4-8-16-40(30)50-46(32)42(26)34/h1-16,19-24H. The molecule has 0 aliphatic heterocycles. The molecule has 4 aromatic heterocycles. The van der Waals surface area contributed by atoms with E-state index in [1.54, 1.807) is 0 Å². The lowest BCUT2D eigenvalue weighted by Crippen LogP contribution is -1.85. The van der Waals surface area contributed by atoms with Crippen LogP contribution in [0.5, 0.6) is 0 Å². The number of hydrogen-bond acceptors (Lipinski definition) is 4. The normalized spacial score (nSPS) is 12.2. The maximum Gasteiger partial charge on any atom is 0.143 e. The van der Waals surface area contributed by atoms with Gasteiger partial charge in [0.05, 0.1) is 0 Å². The van der Waals surface area contributed by atoms with Crippen LogP contribution >= 0.6 is 22.7 Å². The van der Waals surface area contributed by atoms with Gasteiger partial charge in [0.15, 0.2) is 0 Å². The monoisotopic (exact) mass is 670 g/mol. The number of benzene rings is 8. The van der Waals surface area contributed by atoms with Gasteiger partial charge < -0.3 is 8.83 Å². The van der Waals surface area contributed by atoms with E-state index in [1.807, 2.05) is 34.8 Å². The Morgan fingerprint density at radius 2 is 0.760 bits per heavy atom. The van der Waals surface area contributed by atoms with Crippen LogP contribution in [0.1, 0.15) is 11.1 Å². The molecule has 0 aliphatic carbocycles. The van der Waals surface area contributed by atoms with E-state index in [0.29, 0.717) is 0 Å². The number of para-hydroxylation sites is 2. The summed E-state index contributed by atoms with van der Waals surface area (Å²) in [6, 6.07) is 47.4. The molecular weight excluding hydrogens is 649 g/mol. The largest absolute Gasteiger partial charge is 0.455 e. The van der Waals surface area contributed by atoms with Crippen molar-refractivity contribution >= 4 is 128 Å². The van der Waals surface area contributed by atoms with Crippen LogP contribution in [0.3, 0.4) is 0 Å². The number of furan rings is 2. The van der Waals surface area contributed by atoms with Gasteiger partial charge in [-0.05, 0) is 48.5 Å². The molecule has 0 bridgehead atoms. The van der Waals surface area contributed by atoms with E-state index in [9.17, 15) is 0 Å². The van der Waals surface area contributed by atoms with Crippen LogP contribution in [0, 0.1) is 11.8 Å². The van der Waals surface area contributed by atoms with Crippen LogP contribution in [0.25, 0.3) is 106 Å². The maximum absolute atomic E-state index is 6.57. The average Bonchev–Trinajstić information content (AvgIpc) is 3.93. The Morgan fingerprint density at radius 1 is 0.360 bits per heavy atom. The predicted molar refractivity (Wildman–Crippen MR) is 214 cm³/mol. The first-order valence-electron chi connectivity index (χ1n) is 16.7. The molecule has 0 aliphatic rings. The number of thiophene rings is 2. The maximum atomic E-state index is 6.57. The summed E-state index contributed by atoms with van der Waals surface area (Å²) in [4.78, 5) is 0. The van der Waals surface area contributed by atoms with Gasteiger partial charge >= 0.3 is 0 Å². The summed E-state index contributed by atoms with van der Waals surface area (Å²) in [6.07, 6.45) is 0. The summed E-state index contributed by atoms with van der Waals surface area (Å²) in [5.74, 6) is 7.54. The van der Waals surface area contributed by atoms with Crippen LogP contribution in [-0.4, -0.2) is 0 Å². The smallest absolute Gasteiger partial charge is 0.143 e. The molecule has 4 heterocycles. The van der Waals surface area contributed by atoms with Crippen LogP contribution in [0.15, 0.2) is 142 Å². The molecule has 0 saturated heterocycles. The van der Waals surface area contributed by atoms with Crippen LogP contribution in [0.4, 0.5) is 0 Å². The molecule has 0 spiro atoms. The van der Waals surface area contributed by atoms with Gasteiger partial charge in [-0.1, -0.05) is 96.8 Å². The fraction of sp³-hybridized carbons (Fsp3) is 0. The molecule has 8 aromatic carbocycles. The lowest BCUT2D eigenvalue weighted by atomic mass is 9.96. The Bertz CT molecular complexity index is 3260. The number of rotatable bonds is 0. The van der Waals surface area contributed by atoms with Gasteiger partial charge in [-0.25, -0.2) is 0 Å². The highest BCUT2D eigenvalue weighted by Crippen LogP contribution is 2.46. The lowest BCUT2D eigenvalue weighted by molar-refractivity contribution is 0.672. The van der Waals surface area contributed by atoms with Crippen molar-refractivity contribution in [2.75, 3.05) is 0 Å². The highest BCUT2D eigenvalue weighted by atomic mass is 32.1. The minimum absolute atomic E-state index is 0.890. The highest BCUT2D eigenvalue weighted by Gasteiger charge is 2.20. The number of hydrogen-bond donors (Lipinski definition) is 0. The number of fused-ring (bicyclic) bond motifs is 18. The second-order valence-corrected chi connectivity index (χ2v) is 15.1. The fourth-order valence-corrected chi connectivity index (χ4v) is 10.6. The average molecular weight is 671 g/mol. The van der Waals surface area contributed by atoms with Crippen molar-refractivity contribution in [3.63, 3.8) is 0 Å². The van der Waals surface area contributed by atoms with E-state index in [1.165, 1.54) is 40.3 Å². The van der Waals surface area contributed by atoms with Crippen LogP contribution in [0.2, 0.25) is 0 Å². The Kier molecular flexibility index (Phi) is 5.22. The zero-order valence-electron chi connectivity index (χ0n) is 26.3. The summed E-state index contributed by atoms with van der Waals surface area (Å²) in [6.45, 7) is 0. The van der Waals surface area contributed by atoms with E-state index in [-0.39, 0.29) is 0 Å². The van der Waals surface area contributed by atoms with E-state index in [0.717, 1.165) is 76.5 Å². The van der Waals surface area contributed by atoms with E-state index in [2.05, 4.69) is 133 Å². The Balaban J connectivity index is 1.24. The highest BCUT2D eigenvalue weighted by molar-refractivity contribution is 7.27. The second kappa shape index (κ2) is 9.74. The van der Waals surface area contributed by atoms with Gasteiger partial charge in [0.1, 0.15) is 22.3 Å². The van der Waals surface area contributed by atoms with Gasteiger partial charge in [0.2, 0.25) is 0 Å². The Labute approximate surface area is 292 Å². The Hall–Kier alpha value is -6.12. The lowest BCUT2D eigenvalue weighted by Gasteiger charge is -2.06. The van der Waals surface area contributed by atoms with Gasteiger partial charge in [0, 0.05) is 94.6 Å². The molecule has 0 fully saturated rings. The molecule has 0 N–H and O–H groups in total. The van der Waals surface area contributed by atoms with Crippen LogP contribution < -0.4 is 0 Å². The molecule has 0 saturated carbocycles. The summed E-state index contributed by atoms with van der Waals surface area (Å²) < 4.78 is 18.2. The molecule has 0 atom stereocenters. The molecule has 230 valence electrons. The van der Waals surface area contributed by atoms with Crippen molar-refractivity contribution in [2.24, 2.45) is 0 Å². The SMILES string of the molecule is C(#Cc1cc2c3ccccc3oc2c2ccc3c4ccccc4sc3c12)c1cc2c3ccccc3oc2c2ccc3c4ccccc4sc3c12. The summed E-state index contributed by atoms with van der Waals surface area (Å²) in [5.41, 5.74) is 5.61. The first-order valence-corrected chi connectivity index (χ1v) is 18.3. The van der Waals surface area contributed by atoms with E-state index < -0.39 is 0 Å². The van der Waals surface area contributed by atoms with Gasteiger partial charge in [-0.3, -0.25) is 0 Å². The molecule has 2 nitrogen and oxygen atoms in total. The molecular formula is C46H22O2S2. The minimum Gasteiger partial charge on any atom is -0.455 e. The Morgan fingerprint density at radius 3 is 1.24 bits per heavy atom. The van der Waals surface area contributed by atoms with Crippen molar-refractivity contribution < 1.29 is 8.83 Å². The molecule has 4 heteroatoms. The zero-order chi connectivity index (χ0) is 32.5. The fourth-order valence-electron chi connectivity index (χ4n) is 8.07. The third-order valence-electron chi connectivity index (χ3n) is 10.3. The van der Waals surface area contributed by atoms with E-state index in [4.69, 9.17) is 8.83 Å². The predicted octanol–water partition coefficient (Wildman–Crippen LogP) is 13.9. The zero-order valence-corrected chi connectivity index (χ0v) is 28.0. The van der Waals surface area contributed by atoms with Crippen molar-refractivity contribution in [3.8, 4) is 11.8 Å². The van der Waals surface area contributed by atoms with Gasteiger partial charge in [-0.15, -0.1) is 22.7 Å². The van der Waals surface area contributed by atoms with Crippen LogP contribution in [-0.2, 0) is 0 Å². The first kappa shape index (κ1) is 26.8. The van der Waals surface area contributed by atoms with Crippen molar-refractivity contribution in [2.45, 2.75) is 0 Å². The molecule has 0 radical (unpaired) electrons. The minimum atomic E-state index is 0.890. The third kappa shape index (κ3) is 3.53. The van der Waals surface area contributed by atoms with Crippen molar-refractivity contribution in [1.29, 1.82) is 0 Å². The van der Waals surface area contributed by atoms with E-state index >= 15 is 0 Å². The summed E-state index contributed by atoms with van der Waals surface area (Å²) in [7, 11) is 0. The molecule has 50 heavy (non-hydrogen) atoms. The van der Waals surface area contributed by atoms with Crippen molar-refractivity contribution in [1.82, 2.24) is 0 Å². The summed E-state index contributed by atoms with van der Waals surface area (Å²) in [5, 5.41) is 13.9. The third-order valence-corrected chi connectivity index (χ3v) is 12.7. The molecule has 12 aromatic rings. The van der Waals surface area contributed by atoms with Gasteiger partial charge in [-0.2, -0.15) is 0 Å². The van der Waals surface area contributed by atoms with Crippen molar-refractivity contribution in [3.05, 3.63) is 145 Å². The molecule has 0 unspecified atom stereocenters.